The van der Waals surface area contributed by atoms with Crippen LogP contribution in [0.5, 0.6) is 0 Å². The number of benzene rings is 1. The minimum Gasteiger partial charge on any atom is -0.465 e. The zero-order valence-electron chi connectivity index (χ0n) is 15.4. The molecule has 1 N–H and O–H groups in total. The quantitative estimate of drug-likeness (QED) is 0.731. The molecule has 0 aliphatic heterocycles. The lowest BCUT2D eigenvalue weighted by molar-refractivity contribution is 0.0600. The number of methoxy groups -OCH3 is 1. The van der Waals surface area contributed by atoms with Crippen LogP contribution >= 0.6 is 0 Å². The third-order valence-corrected chi connectivity index (χ3v) is 3.72. The van der Waals surface area contributed by atoms with Gasteiger partial charge in [0.25, 0.3) is 5.91 Å². The van der Waals surface area contributed by atoms with E-state index >= 15 is 0 Å². The second-order valence-corrected chi connectivity index (χ2v) is 5.77. The molecule has 1 heterocycles. The van der Waals surface area contributed by atoms with Crippen molar-refractivity contribution < 1.29 is 14.3 Å². The van der Waals surface area contributed by atoms with Gasteiger partial charge < -0.3 is 15.0 Å². The Hall–Kier alpha value is -2.96. The van der Waals surface area contributed by atoms with Crippen LogP contribution < -0.4 is 5.32 Å². The Labute approximate surface area is 153 Å². The number of carbonyl (C=O) groups excluding carboxylic acids is 2. The first-order chi connectivity index (χ1) is 12.6. The molecular formula is C19H24N4O3. The van der Waals surface area contributed by atoms with Gasteiger partial charge in [-0.1, -0.05) is 13.8 Å². The molecule has 0 spiro atoms. The van der Waals surface area contributed by atoms with Crippen LogP contribution in [0.4, 0.5) is 11.5 Å². The van der Waals surface area contributed by atoms with Crippen LogP contribution in [-0.4, -0.2) is 46.9 Å². The number of amides is 1. The third-order valence-electron chi connectivity index (χ3n) is 3.72. The highest BCUT2D eigenvalue weighted by Crippen LogP contribution is 2.15. The molecule has 1 aromatic carbocycles. The number of rotatable bonds is 8. The Morgan fingerprint density at radius 3 is 2.19 bits per heavy atom. The van der Waals surface area contributed by atoms with Crippen LogP contribution in [0, 0.1) is 0 Å². The van der Waals surface area contributed by atoms with Crippen LogP contribution in [0.1, 0.15) is 47.5 Å². The molecule has 0 fully saturated rings. The fraction of sp³-hybridized carbons (Fsp3) is 0.368. The number of hydrogen-bond acceptors (Lipinski definition) is 6. The van der Waals surface area contributed by atoms with Crippen molar-refractivity contribution in [3.05, 3.63) is 47.9 Å². The van der Waals surface area contributed by atoms with E-state index in [1.807, 2.05) is 13.8 Å². The maximum Gasteiger partial charge on any atom is 0.337 e. The van der Waals surface area contributed by atoms with Crippen LogP contribution in [0.25, 0.3) is 0 Å². The van der Waals surface area contributed by atoms with Crippen molar-refractivity contribution in [1.82, 2.24) is 14.9 Å². The van der Waals surface area contributed by atoms with Gasteiger partial charge in [0, 0.05) is 18.8 Å². The average Bonchev–Trinajstić information content (AvgIpc) is 2.68. The van der Waals surface area contributed by atoms with E-state index in [4.69, 9.17) is 0 Å². The summed E-state index contributed by atoms with van der Waals surface area (Å²) in [4.78, 5) is 34.2. The van der Waals surface area contributed by atoms with Gasteiger partial charge in [-0.15, -0.1) is 0 Å². The Morgan fingerprint density at radius 2 is 1.69 bits per heavy atom. The van der Waals surface area contributed by atoms with Crippen molar-refractivity contribution >= 4 is 23.4 Å². The van der Waals surface area contributed by atoms with E-state index in [0.717, 1.165) is 18.5 Å². The fourth-order valence-corrected chi connectivity index (χ4v) is 2.48. The van der Waals surface area contributed by atoms with E-state index in [0.29, 0.717) is 30.2 Å². The first-order valence-corrected chi connectivity index (χ1v) is 8.65. The molecule has 26 heavy (non-hydrogen) atoms. The molecule has 2 aromatic rings. The number of nitrogens with one attached hydrogen (secondary N) is 1. The van der Waals surface area contributed by atoms with Gasteiger partial charge in [0.05, 0.1) is 25.1 Å². The van der Waals surface area contributed by atoms with Crippen molar-refractivity contribution in [2.45, 2.75) is 26.7 Å². The lowest BCUT2D eigenvalue weighted by Gasteiger charge is -2.20. The molecule has 2 rings (SSSR count). The molecule has 0 aliphatic rings. The Kier molecular flexibility index (Phi) is 7.08. The molecule has 0 aliphatic carbocycles. The van der Waals surface area contributed by atoms with Gasteiger partial charge in [-0.3, -0.25) is 4.79 Å². The van der Waals surface area contributed by atoms with E-state index in [2.05, 4.69) is 20.0 Å². The topological polar surface area (TPSA) is 84.4 Å². The highest BCUT2D eigenvalue weighted by molar-refractivity contribution is 5.92. The summed E-state index contributed by atoms with van der Waals surface area (Å²) < 4.78 is 4.67. The zero-order valence-corrected chi connectivity index (χ0v) is 15.4. The third kappa shape index (κ3) is 5.02. The van der Waals surface area contributed by atoms with Gasteiger partial charge in [-0.2, -0.15) is 0 Å². The first-order valence-electron chi connectivity index (χ1n) is 8.65. The Bertz CT molecular complexity index is 723. The second kappa shape index (κ2) is 9.50. The summed E-state index contributed by atoms with van der Waals surface area (Å²) in [5.41, 5.74) is 1.56. The lowest BCUT2D eigenvalue weighted by Crippen LogP contribution is -2.33. The number of anilines is 2. The summed E-state index contributed by atoms with van der Waals surface area (Å²) in [5.74, 6) is 0.0306. The molecule has 0 saturated heterocycles. The second-order valence-electron chi connectivity index (χ2n) is 5.77. The van der Waals surface area contributed by atoms with Crippen molar-refractivity contribution in [1.29, 1.82) is 0 Å². The summed E-state index contributed by atoms with van der Waals surface area (Å²) in [6, 6.07) is 6.81. The number of nitrogens with zero attached hydrogens (tertiary/aromatic N) is 3. The van der Waals surface area contributed by atoms with Crippen LogP contribution in [0.3, 0.4) is 0 Å². The van der Waals surface area contributed by atoms with Gasteiger partial charge in [-0.05, 0) is 37.1 Å². The van der Waals surface area contributed by atoms with Crippen LogP contribution in [0.15, 0.2) is 36.7 Å². The molecule has 0 atom stereocenters. The molecule has 0 unspecified atom stereocenters. The first kappa shape index (κ1) is 19.4. The highest BCUT2D eigenvalue weighted by Gasteiger charge is 2.16. The SMILES string of the molecule is CCCN(CCC)C(=O)c1cnc(Nc2ccc(C(=O)OC)cc2)cn1. The van der Waals surface area contributed by atoms with Crippen molar-refractivity contribution in [3.8, 4) is 0 Å². The minimum atomic E-state index is -0.386. The molecular weight excluding hydrogens is 332 g/mol. The normalized spacial score (nSPS) is 10.3. The smallest absolute Gasteiger partial charge is 0.337 e. The monoisotopic (exact) mass is 356 g/mol. The van der Waals surface area contributed by atoms with Crippen molar-refractivity contribution in [2.24, 2.45) is 0 Å². The number of esters is 1. The number of hydrogen-bond donors (Lipinski definition) is 1. The predicted molar refractivity (Wildman–Crippen MR) is 99.6 cm³/mol. The Balaban J connectivity index is 2.04. The van der Waals surface area contributed by atoms with Crippen LogP contribution in [0.2, 0.25) is 0 Å². The van der Waals surface area contributed by atoms with Gasteiger partial charge >= 0.3 is 5.97 Å². The molecule has 7 nitrogen and oxygen atoms in total. The molecule has 138 valence electrons. The Morgan fingerprint density at radius 1 is 1.04 bits per heavy atom. The van der Waals surface area contributed by atoms with Gasteiger partial charge in [0.2, 0.25) is 0 Å². The van der Waals surface area contributed by atoms with Gasteiger partial charge in [0.15, 0.2) is 0 Å². The molecule has 1 aromatic heterocycles. The standard InChI is InChI=1S/C19H24N4O3/c1-4-10-23(11-5-2)18(24)16-12-21-17(13-20-16)22-15-8-6-14(7-9-15)19(25)26-3/h6-9,12-13H,4-5,10-11H2,1-3H3,(H,21,22). The summed E-state index contributed by atoms with van der Waals surface area (Å²) in [5, 5.41) is 3.08. The average molecular weight is 356 g/mol. The summed E-state index contributed by atoms with van der Waals surface area (Å²) in [6.07, 6.45) is 4.81. The lowest BCUT2D eigenvalue weighted by atomic mass is 10.2. The predicted octanol–water partition coefficient (Wildman–Crippen LogP) is 3.27. The van der Waals surface area contributed by atoms with Crippen molar-refractivity contribution in [3.63, 3.8) is 0 Å². The van der Waals surface area contributed by atoms with Crippen molar-refractivity contribution in [2.75, 3.05) is 25.5 Å². The molecule has 0 bridgehead atoms. The number of carbonyl (C=O) groups is 2. The molecule has 1 amide bonds. The molecule has 0 radical (unpaired) electrons. The van der Waals surface area contributed by atoms with Gasteiger partial charge in [0.1, 0.15) is 11.5 Å². The van der Waals surface area contributed by atoms with Crippen LogP contribution in [-0.2, 0) is 4.74 Å². The van der Waals surface area contributed by atoms with E-state index < -0.39 is 0 Å². The zero-order chi connectivity index (χ0) is 18.9. The van der Waals surface area contributed by atoms with E-state index in [9.17, 15) is 9.59 Å². The number of aromatic nitrogens is 2. The van der Waals surface area contributed by atoms with E-state index in [1.54, 1.807) is 29.2 Å². The molecule has 0 saturated carbocycles. The summed E-state index contributed by atoms with van der Waals surface area (Å²) >= 11 is 0. The molecule has 7 heteroatoms. The highest BCUT2D eigenvalue weighted by atomic mass is 16.5. The summed E-state index contributed by atoms with van der Waals surface area (Å²) in [6.45, 7) is 5.50. The minimum absolute atomic E-state index is 0.102. The summed E-state index contributed by atoms with van der Waals surface area (Å²) in [7, 11) is 1.34. The fourth-order valence-electron chi connectivity index (χ4n) is 2.48. The van der Waals surface area contributed by atoms with E-state index in [1.165, 1.54) is 19.5 Å². The number of ether oxygens (including phenoxy) is 1. The van der Waals surface area contributed by atoms with E-state index in [-0.39, 0.29) is 11.9 Å². The van der Waals surface area contributed by atoms with Gasteiger partial charge in [-0.25, -0.2) is 14.8 Å². The maximum atomic E-state index is 12.5. The largest absolute Gasteiger partial charge is 0.465 e. The maximum absolute atomic E-state index is 12.5.